The minimum Gasteiger partial charge on any atom is -0.352 e. The molecule has 1 N–H and O–H groups in total. The van der Waals surface area contributed by atoms with Crippen molar-refractivity contribution in [2.24, 2.45) is 0 Å². The van der Waals surface area contributed by atoms with Crippen LogP contribution in [0.5, 0.6) is 0 Å². The molecule has 0 aromatic heterocycles. The van der Waals surface area contributed by atoms with Crippen molar-refractivity contribution in [2.75, 3.05) is 5.75 Å². The molecule has 0 unspecified atom stereocenters. The van der Waals surface area contributed by atoms with Crippen LogP contribution in [0, 0.1) is 6.92 Å². The van der Waals surface area contributed by atoms with Crippen molar-refractivity contribution < 1.29 is 26.4 Å². The zero-order valence-corrected chi connectivity index (χ0v) is 12.4. The summed E-state index contributed by atoms with van der Waals surface area (Å²) < 4.78 is 60.1. The molecule has 0 spiro atoms. The highest BCUT2D eigenvalue weighted by Crippen LogP contribution is 2.19. The Morgan fingerprint density at radius 3 is 2.24 bits per heavy atom. The zero-order chi connectivity index (χ0) is 16.3. The molecule has 1 aromatic carbocycles. The van der Waals surface area contributed by atoms with Crippen LogP contribution in [0.1, 0.15) is 18.9 Å². The van der Waals surface area contributed by atoms with Crippen LogP contribution < -0.4 is 5.32 Å². The number of aryl methyl sites for hydroxylation is 1. The van der Waals surface area contributed by atoms with E-state index >= 15 is 0 Å². The number of carbonyl (C=O) groups is 1. The highest BCUT2D eigenvalue weighted by Gasteiger charge is 2.32. The number of halogens is 3. The van der Waals surface area contributed by atoms with Gasteiger partial charge in [-0.2, -0.15) is 13.2 Å². The minimum absolute atomic E-state index is 0.0741. The van der Waals surface area contributed by atoms with Gasteiger partial charge in [-0.05, 0) is 26.0 Å². The molecule has 1 amide bonds. The molecule has 0 heterocycles. The number of hydrogen-bond acceptors (Lipinski definition) is 3. The fraction of sp³-hybridized carbons (Fsp3) is 0.462. The third-order valence-corrected chi connectivity index (χ3v) is 4.55. The maximum Gasteiger partial charge on any atom is 0.397 e. The summed E-state index contributed by atoms with van der Waals surface area (Å²) in [6.45, 7) is 3.15. The highest BCUT2D eigenvalue weighted by atomic mass is 32.2. The summed E-state index contributed by atoms with van der Waals surface area (Å²) in [6, 6.07) is 5.19. The van der Waals surface area contributed by atoms with Gasteiger partial charge in [-0.1, -0.05) is 17.7 Å². The third kappa shape index (κ3) is 6.16. The predicted octanol–water partition coefficient (Wildman–Crippen LogP) is 2.23. The third-order valence-electron chi connectivity index (χ3n) is 2.62. The van der Waals surface area contributed by atoms with E-state index in [0.717, 1.165) is 5.56 Å². The number of sulfone groups is 1. The van der Waals surface area contributed by atoms with E-state index in [1.54, 1.807) is 19.1 Å². The van der Waals surface area contributed by atoms with Gasteiger partial charge in [-0.3, -0.25) is 4.79 Å². The van der Waals surface area contributed by atoms with Crippen molar-refractivity contribution in [3.8, 4) is 0 Å². The molecule has 21 heavy (non-hydrogen) atoms. The molecule has 0 aliphatic carbocycles. The summed E-state index contributed by atoms with van der Waals surface area (Å²) in [5.41, 5.74) is 0.889. The van der Waals surface area contributed by atoms with Crippen LogP contribution in [-0.4, -0.2) is 32.3 Å². The maximum absolute atomic E-state index is 12.0. The van der Waals surface area contributed by atoms with E-state index in [1.165, 1.54) is 19.1 Å². The molecule has 0 saturated heterocycles. The Labute approximate surface area is 121 Å². The largest absolute Gasteiger partial charge is 0.397 e. The van der Waals surface area contributed by atoms with Gasteiger partial charge in [0.2, 0.25) is 5.91 Å². The average molecular weight is 323 g/mol. The van der Waals surface area contributed by atoms with E-state index in [-0.39, 0.29) is 4.90 Å². The SMILES string of the molecule is Cc1ccc(S(=O)(=O)C[C@H](C)NC(=O)CC(F)(F)F)cc1. The van der Waals surface area contributed by atoms with E-state index in [0.29, 0.717) is 0 Å². The van der Waals surface area contributed by atoms with Crippen LogP contribution in [0.25, 0.3) is 0 Å². The molecular formula is C13H16F3NO3S. The van der Waals surface area contributed by atoms with E-state index in [2.05, 4.69) is 0 Å². The Kier molecular flexibility index (Phi) is 5.38. The van der Waals surface area contributed by atoms with E-state index in [4.69, 9.17) is 0 Å². The number of amides is 1. The first-order chi connectivity index (χ1) is 9.49. The molecule has 0 saturated carbocycles. The summed E-state index contributed by atoms with van der Waals surface area (Å²) in [6.07, 6.45) is -6.23. The van der Waals surface area contributed by atoms with Gasteiger partial charge in [0.15, 0.2) is 9.84 Å². The summed E-state index contributed by atoms with van der Waals surface area (Å²) in [5, 5.41) is 2.04. The lowest BCUT2D eigenvalue weighted by molar-refractivity contribution is -0.154. The number of rotatable bonds is 5. The van der Waals surface area contributed by atoms with Crippen LogP contribution in [0.2, 0.25) is 0 Å². The second kappa shape index (κ2) is 6.46. The number of hydrogen-bond donors (Lipinski definition) is 1. The standard InChI is InChI=1S/C13H16F3NO3S/c1-9-3-5-11(6-4-9)21(19,20)8-10(2)17-12(18)7-13(14,15)16/h3-6,10H,7-8H2,1-2H3,(H,17,18)/t10-/m0/s1. The van der Waals surface area contributed by atoms with Crippen molar-refractivity contribution in [1.82, 2.24) is 5.32 Å². The number of nitrogens with one attached hydrogen (secondary N) is 1. The second-order valence-corrected chi connectivity index (χ2v) is 6.89. The van der Waals surface area contributed by atoms with Crippen LogP contribution in [0.15, 0.2) is 29.2 Å². The van der Waals surface area contributed by atoms with E-state index in [9.17, 15) is 26.4 Å². The summed E-state index contributed by atoms with van der Waals surface area (Å²) in [4.78, 5) is 11.2. The zero-order valence-electron chi connectivity index (χ0n) is 11.6. The molecule has 118 valence electrons. The van der Waals surface area contributed by atoms with Gasteiger partial charge in [-0.25, -0.2) is 8.42 Å². The van der Waals surface area contributed by atoms with Crippen molar-refractivity contribution in [1.29, 1.82) is 0 Å². The monoisotopic (exact) mass is 323 g/mol. The molecule has 1 atom stereocenters. The first kappa shape index (κ1) is 17.5. The van der Waals surface area contributed by atoms with Gasteiger partial charge in [0, 0.05) is 6.04 Å². The first-order valence-electron chi connectivity index (χ1n) is 6.15. The Hall–Kier alpha value is -1.57. The molecule has 1 aromatic rings. The van der Waals surface area contributed by atoms with E-state index in [1.807, 2.05) is 5.32 Å². The van der Waals surface area contributed by atoms with Crippen LogP contribution >= 0.6 is 0 Å². The predicted molar refractivity (Wildman–Crippen MR) is 71.5 cm³/mol. The molecular weight excluding hydrogens is 307 g/mol. The Morgan fingerprint density at radius 1 is 1.24 bits per heavy atom. The van der Waals surface area contributed by atoms with E-state index < -0.39 is 40.1 Å². The molecule has 0 aliphatic heterocycles. The summed E-state index contributed by atoms with van der Waals surface area (Å²) in [5.74, 6) is -1.70. The Morgan fingerprint density at radius 2 is 1.76 bits per heavy atom. The lowest BCUT2D eigenvalue weighted by atomic mass is 10.2. The van der Waals surface area contributed by atoms with Crippen LogP contribution in [-0.2, 0) is 14.6 Å². The van der Waals surface area contributed by atoms with Gasteiger partial charge in [-0.15, -0.1) is 0 Å². The quantitative estimate of drug-likeness (QED) is 0.904. The number of benzene rings is 1. The Balaban J connectivity index is 2.67. The van der Waals surface area contributed by atoms with Gasteiger partial charge >= 0.3 is 6.18 Å². The molecule has 0 aliphatic rings. The van der Waals surface area contributed by atoms with Crippen molar-refractivity contribution >= 4 is 15.7 Å². The fourth-order valence-corrected chi connectivity index (χ4v) is 3.21. The van der Waals surface area contributed by atoms with Gasteiger partial charge in [0.25, 0.3) is 0 Å². The topological polar surface area (TPSA) is 63.2 Å². The lowest BCUT2D eigenvalue weighted by Gasteiger charge is -2.15. The van der Waals surface area contributed by atoms with Crippen LogP contribution in [0.4, 0.5) is 13.2 Å². The van der Waals surface area contributed by atoms with Crippen molar-refractivity contribution in [3.05, 3.63) is 29.8 Å². The molecule has 4 nitrogen and oxygen atoms in total. The number of alkyl halides is 3. The molecule has 0 fully saturated rings. The smallest absolute Gasteiger partial charge is 0.352 e. The average Bonchev–Trinajstić information content (AvgIpc) is 2.25. The second-order valence-electron chi connectivity index (χ2n) is 4.85. The first-order valence-corrected chi connectivity index (χ1v) is 7.80. The molecule has 0 radical (unpaired) electrons. The fourth-order valence-electron chi connectivity index (χ4n) is 1.72. The summed E-state index contributed by atoms with van der Waals surface area (Å²) in [7, 11) is -3.66. The van der Waals surface area contributed by atoms with Gasteiger partial charge < -0.3 is 5.32 Å². The molecule has 8 heteroatoms. The molecule has 0 bridgehead atoms. The van der Waals surface area contributed by atoms with Gasteiger partial charge in [0.1, 0.15) is 6.42 Å². The summed E-state index contributed by atoms with van der Waals surface area (Å²) >= 11 is 0. The van der Waals surface area contributed by atoms with Crippen molar-refractivity contribution in [3.63, 3.8) is 0 Å². The van der Waals surface area contributed by atoms with Gasteiger partial charge in [0.05, 0.1) is 10.6 Å². The Bertz CT molecular complexity index is 594. The van der Waals surface area contributed by atoms with Crippen LogP contribution in [0.3, 0.4) is 0 Å². The highest BCUT2D eigenvalue weighted by molar-refractivity contribution is 7.91. The normalized spacial score (nSPS) is 13.8. The minimum atomic E-state index is -4.61. The maximum atomic E-state index is 12.0. The molecule has 1 rings (SSSR count). The lowest BCUT2D eigenvalue weighted by Crippen LogP contribution is -2.39. The number of carbonyl (C=O) groups excluding carboxylic acids is 1. The van der Waals surface area contributed by atoms with Crippen molar-refractivity contribution in [2.45, 2.75) is 37.4 Å².